The molecule has 0 aromatic heterocycles. The van der Waals surface area contributed by atoms with Crippen molar-refractivity contribution in [3.63, 3.8) is 0 Å². The van der Waals surface area contributed by atoms with Gasteiger partial charge in [0.2, 0.25) is 0 Å². The van der Waals surface area contributed by atoms with Gasteiger partial charge in [-0.05, 0) is 58.8 Å². The Bertz CT molecular complexity index is 1010. The Hall–Kier alpha value is -2.81. The van der Waals surface area contributed by atoms with Crippen molar-refractivity contribution in [3.8, 4) is 11.5 Å². The number of methoxy groups -OCH3 is 1. The number of halogens is 1. The molecule has 150 valence electrons. The predicted octanol–water partition coefficient (Wildman–Crippen LogP) is 5.71. The van der Waals surface area contributed by atoms with Crippen molar-refractivity contribution in [2.45, 2.75) is 20.1 Å². The molecule has 3 aromatic rings. The maximum Gasteiger partial charge on any atom is 0.271 e. The summed E-state index contributed by atoms with van der Waals surface area (Å²) in [6.45, 7) is 3.01. The van der Waals surface area contributed by atoms with Crippen molar-refractivity contribution in [2.24, 2.45) is 0 Å². The van der Waals surface area contributed by atoms with Crippen LogP contribution in [0.5, 0.6) is 11.5 Å². The Morgan fingerprint density at radius 2 is 1.83 bits per heavy atom. The van der Waals surface area contributed by atoms with Gasteiger partial charge in [-0.1, -0.05) is 35.9 Å². The zero-order valence-electron chi connectivity index (χ0n) is 16.1. The number of rotatable bonds is 8. The minimum Gasteiger partial charge on any atom is -0.493 e. The van der Waals surface area contributed by atoms with E-state index in [1.54, 1.807) is 19.2 Å². The molecule has 0 radical (unpaired) electrons. The number of ether oxygens (including phenoxy) is 2. The molecule has 7 heteroatoms. The lowest BCUT2D eigenvalue weighted by molar-refractivity contribution is -0.384. The van der Waals surface area contributed by atoms with E-state index in [-0.39, 0.29) is 5.69 Å². The van der Waals surface area contributed by atoms with Crippen molar-refractivity contribution in [3.05, 3.63) is 91.0 Å². The fourth-order valence-corrected chi connectivity index (χ4v) is 3.61. The van der Waals surface area contributed by atoms with Gasteiger partial charge in [0, 0.05) is 24.4 Å². The van der Waals surface area contributed by atoms with Crippen LogP contribution >= 0.6 is 22.6 Å². The highest BCUT2D eigenvalue weighted by Gasteiger charge is 2.13. The molecule has 0 aliphatic carbocycles. The molecule has 6 nitrogen and oxygen atoms in total. The Labute approximate surface area is 183 Å². The summed E-state index contributed by atoms with van der Waals surface area (Å²) in [6, 6.07) is 18.6. The first-order valence-corrected chi connectivity index (χ1v) is 10.1. The molecule has 0 unspecified atom stereocenters. The summed E-state index contributed by atoms with van der Waals surface area (Å²) in [4.78, 5) is 10.5. The average molecular weight is 504 g/mol. The molecule has 0 aliphatic rings. The van der Waals surface area contributed by atoms with Gasteiger partial charge in [0.05, 0.1) is 15.6 Å². The van der Waals surface area contributed by atoms with Crippen molar-refractivity contribution >= 4 is 34.0 Å². The van der Waals surface area contributed by atoms with Gasteiger partial charge in [0.15, 0.2) is 11.5 Å². The molecular formula is C22H21IN2O4. The second kappa shape index (κ2) is 9.60. The Kier molecular flexibility index (Phi) is 6.92. The second-order valence-electron chi connectivity index (χ2n) is 6.54. The van der Waals surface area contributed by atoms with Crippen LogP contribution in [0.1, 0.15) is 16.7 Å². The van der Waals surface area contributed by atoms with Crippen LogP contribution in [-0.2, 0) is 13.2 Å². The van der Waals surface area contributed by atoms with Gasteiger partial charge in [-0.15, -0.1) is 0 Å². The summed E-state index contributed by atoms with van der Waals surface area (Å²) in [5.41, 5.74) is 4.03. The fourth-order valence-electron chi connectivity index (χ4n) is 2.79. The molecule has 0 fully saturated rings. The van der Waals surface area contributed by atoms with Crippen LogP contribution in [-0.4, -0.2) is 12.0 Å². The van der Waals surface area contributed by atoms with Gasteiger partial charge >= 0.3 is 0 Å². The highest BCUT2D eigenvalue weighted by Crippen LogP contribution is 2.35. The SMILES string of the molecule is COc1cc(CNc2cccc([N+](=O)[O-])c2)cc(I)c1OCc1ccc(C)cc1. The van der Waals surface area contributed by atoms with Crippen LogP contribution in [0, 0.1) is 20.6 Å². The summed E-state index contributed by atoms with van der Waals surface area (Å²) in [5.74, 6) is 1.35. The summed E-state index contributed by atoms with van der Waals surface area (Å²) < 4.78 is 12.5. The zero-order chi connectivity index (χ0) is 20.8. The number of aryl methyl sites for hydroxylation is 1. The van der Waals surface area contributed by atoms with Crippen LogP contribution in [0.25, 0.3) is 0 Å². The predicted molar refractivity (Wildman–Crippen MR) is 122 cm³/mol. The zero-order valence-corrected chi connectivity index (χ0v) is 18.3. The van der Waals surface area contributed by atoms with Crippen LogP contribution < -0.4 is 14.8 Å². The van der Waals surface area contributed by atoms with E-state index in [1.807, 2.05) is 24.3 Å². The third-order valence-electron chi connectivity index (χ3n) is 4.35. The lowest BCUT2D eigenvalue weighted by Gasteiger charge is -2.15. The van der Waals surface area contributed by atoms with E-state index in [0.29, 0.717) is 30.3 Å². The first-order chi connectivity index (χ1) is 14.0. The summed E-state index contributed by atoms with van der Waals surface area (Å²) in [7, 11) is 1.61. The lowest BCUT2D eigenvalue weighted by Crippen LogP contribution is -2.04. The topological polar surface area (TPSA) is 73.6 Å². The van der Waals surface area contributed by atoms with Crippen molar-refractivity contribution in [2.75, 3.05) is 12.4 Å². The lowest BCUT2D eigenvalue weighted by atomic mass is 10.1. The van der Waals surface area contributed by atoms with Gasteiger partial charge in [0.1, 0.15) is 6.61 Å². The monoisotopic (exact) mass is 504 g/mol. The van der Waals surface area contributed by atoms with Gasteiger partial charge in [-0.3, -0.25) is 10.1 Å². The summed E-state index contributed by atoms with van der Waals surface area (Å²) >= 11 is 2.23. The third-order valence-corrected chi connectivity index (χ3v) is 5.15. The number of nitrogens with one attached hydrogen (secondary N) is 1. The molecule has 0 saturated carbocycles. The second-order valence-corrected chi connectivity index (χ2v) is 7.71. The molecule has 0 bridgehead atoms. The number of hydrogen-bond acceptors (Lipinski definition) is 5. The molecule has 3 aromatic carbocycles. The normalized spacial score (nSPS) is 10.4. The molecule has 0 atom stereocenters. The summed E-state index contributed by atoms with van der Waals surface area (Å²) in [6.07, 6.45) is 0. The molecular weight excluding hydrogens is 483 g/mol. The van der Waals surface area contributed by atoms with Gasteiger partial charge < -0.3 is 14.8 Å². The van der Waals surface area contributed by atoms with Crippen molar-refractivity contribution in [1.29, 1.82) is 0 Å². The third kappa shape index (κ3) is 5.60. The maximum absolute atomic E-state index is 10.9. The van der Waals surface area contributed by atoms with E-state index in [4.69, 9.17) is 9.47 Å². The number of non-ortho nitro benzene ring substituents is 1. The number of nitro groups is 1. The van der Waals surface area contributed by atoms with Crippen LogP contribution in [0.3, 0.4) is 0 Å². The van der Waals surface area contributed by atoms with Gasteiger partial charge in [0.25, 0.3) is 5.69 Å². The number of nitro benzene ring substituents is 1. The van der Waals surface area contributed by atoms with E-state index in [0.717, 1.165) is 14.7 Å². The van der Waals surface area contributed by atoms with Crippen LogP contribution in [0.4, 0.5) is 11.4 Å². The minimum absolute atomic E-state index is 0.0574. The van der Waals surface area contributed by atoms with E-state index in [1.165, 1.54) is 17.7 Å². The number of nitrogens with zero attached hydrogens (tertiary/aromatic N) is 1. The van der Waals surface area contributed by atoms with Gasteiger partial charge in [-0.2, -0.15) is 0 Å². The van der Waals surface area contributed by atoms with E-state index in [2.05, 4.69) is 47.0 Å². The fraction of sp³-hybridized carbons (Fsp3) is 0.182. The van der Waals surface area contributed by atoms with Crippen LogP contribution in [0.15, 0.2) is 60.7 Å². The maximum atomic E-state index is 10.9. The molecule has 0 saturated heterocycles. The molecule has 0 spiro atoms. The average Bonchev–Trinajstić information content (AvgIpc) is 2.72. The first-order valence-electron chi connectivity index (χ1n) is 8.99. The highest BCUT2D eigenvalue weighted by molar-refractivity contribution is 14.1. The molecule has 3 rings (SSSR count). The molecule has 29 heavy (non-hydrogen) atoms. The standard InChI is InChI=1S/C22H21IN2O4/c1-15-6-8-16(9-7-15)14-29-22-20(23)10-17(11-21(22)28-2)13-24-18-4-3-5-19(12-18)25(26)27/h3-12,24H,13-14H2,1-2H3. The first kappa shape index (κ1) is 20.9. The Morgan fingerprint density at radius 1 is 1.07 bits per heavy atom. The molecule has 0 amide bonds. The highest BCUT2D eigenvalue weighted by atomic mass is 127. The van der Waals surface area contributed by atoms with E-state index in [9.17, 15) is 10.1 Å². The quantitative estimate of drug-likeness (QED) is 0.242. The largest absolute Gasteiger partial charge is 0.493 e. The molecule has 0 aliphatic heterocycles. The minimum atomic E-state index is -0.405. The van der Waals surface area contributed by atoms with E-state index < -0.39 is 4.92 Å². The Morgan fingerprint density at radius 3 is 2.52 bits per heavy atom. The van der Waals surface area contributed by atoms with E-state index >= 15 is 0 Å². The number of hydrogen-bond donors (Lipinski definition) is 1. The summed E-state index contributed by atoms with van der Waals surface area (Å²) in [5, 5.41) is 14.1. The molecule has 0 heterocycles. The Balaban J connectivity index is 1.71. The van der Waals surface area contributed by atoms with Gasteiger partial charge in [-0.25, -0.2) is 0 Å². The van der Waals surface area contributed by atoms with Crippen LogP contribution in [0.2, 0.25) is 0 Å². The smallest absolute Gasteiger partial charge is 0.271 e. The van der Waals surface area contributed by atoms with Crippen molar-refractivity contribution < 1.29 is 14.4 Å². The molecule has 1 N–H and O–H groups in total. The number of anilines is 1. The number of benzene rings is 3. The van der Waals surface area contributed by atoms with Crippen molar-refractivity contribution in [1.82, 2.24) is 0 Å².